The van der Waals surface area contributed by atoms with Gasteiger partial charge in [-0.1, -0.05) is 6.92 Å². The summed E-state index contributed by atoms with van der Waals surface area (Å²) in [5.74, 6) is 5.97. The summed E-state index contributed by atoms with van der Waals surface area (Å²) in [4.78, 5) is 0. The average Bonchev–Trinajstić information content (AvgIpc) is 1.68. The first-order valence-electron chi connectivity index (χ1n) is 2.18. The van der Waals surface area contributed by atoms with E-state index in [0.717, 1.165) is 10.8 Å². The number of rotatable bonds is 1. The molecule has 0 unspecified atom stereocenters. The van der Waals surface area contributed by atoms with Gasteiger partial charge in [0, 0.05) is 0 Å². The van der Waals surface area contributed by atoms with E-state index >= 15 is 0 Å². The fourth-order valence-corrected chi connectivity index (χ4v) is 0.738. The van der Waals surface area contributed by atoms with Crippen molar-refractivity contribution in [2.45, 2.75) is 13.8 Å². The Labute approximate surface area is 48.2 Å². The molecule has 0 aromatic carbocycles. The molecule has 0 aliphatic carbocycles. The van der Waals surface area contributed by atoms with Gasteiger partial charge in [0.25, 0.3) is 0 Å². The van der Waals surface area contributed by atoms with Crippen LogP contribution < -0.4 is 5.84 Å². The van der Waals surface area contributed by atoms with Crippen LogP contribution in [0.4, 0.5) is 0 Å². The first-order valence-corrected chi connectivity index (χ1v) is 3.17. The SMILES string of the molecule is CCS/C(C)=N\N. The number of hydrogen-bond donors (Lipinski definition) is 1. The second kappa shape index (κ2) is 3.99. The molecule has 3 heteroatoms. The lowest BCUT2D eigenvalue weighted by Crippen LogP contribution is -1.89. The van der Waals surface area contributed by atoms with Gasteiger partial charge in [-0.05, 0) is 12.7 Å². The van der Waals surface area contributed by atoms with E-state index in [1.807, 2.05) is 6.92 Å². The maximum Gasteiger partial charge on any atom is 0.0897 e. The van der Waals surface area contributed by atoms with Crippen molar-refractivity contribution in [1.82, 2.24) is 0 Å². The molecule has 7 heavy (non-hydrogen) atoms. The zero-order chi connectivity index (χ0) is 5.70. The Balaban J connectivity index is 3.17. The van der Waals surface area contributed by atoms with Gasteiger partial charge in [0.1, 0.15) is 0 Å². The highest BCUT2D eigenvalue weighted by atomic mass is 32.2. The molecule has 0 bridgehead atoms. The van der Waals surface area contributed by atoms with Gasteiger partial charge in [0.05, 0.1) is 5.04 Å². The van der Waals surface area contributed by atoms with Gasteiger partial charge >= 0.3 is 0 Å². The van der Waals surface area contributed by atoms with Gasteiger partial charge in [0.15, 0.2) is 0 Å². The maximum atomic E-state index is 4.93. The Morgan fingerprint density at radius 2 is 2.43 bits per heavy atom. The summed E-state index contributed by atoms with van der Waals surface area (Å²) >= 11 is 1.66. The van der Waals surface area contributed by atoms with Crippen molar-refractivity contribution in [2.24, 2.45) is 10.9 Å². The van der Waals surface area contributed by atoms with E-state index in [0.29, 0.717) is 0 Å². The molecule has 0 atom stereocenters. The van der Waals surface area contributed by atoms with Crippen molar-refractivity contribution in [3.05, 3.63) is 0 Å². The van der Waals surface area contributed by atoms with Crippen LogP contribution in [0.15, 0.2) is 5.10 Å². The van der Waals surface area contributed by atoms with Crippen molar-refractivity contribution in [3.8, 4) is 0 Å². The minimum atomic E-state index is 0.947. The van der Waals surface area contributed by atoms with E-state index in [9.17, 15) is 0 Å². The molecule has 42 valence electrons. The third-order valence-corrected chi connectivity index (χ3v) is 1.35. The average molecular weight is 118 g/mol. The summed E-state index contributed by atoms with van der Waals surface area (Å²) in [6.07, 6.45) is 0. The van der Waals surface area contributed by atoms with Gasteiger partial charge < -0.3 is 5.84 Å². The highest BCUT2D eigenvalue weighted by molar-refractivity contribution is 8.13. The third kappa shape index (κ3) is 3.66. The number of hydrogen-bond acceptors (Lipinski definition) is 3. The number of nitrogens with zero attached hydrogens (tertiary/aromatic N) is 1. The molecular formula is C4H10N2S. The summed E-state index contributed by atoms with van der Waals surface area (Å²) in [5, 5.41) is 4.40. The maximum absolute atomic E-state index is 4.93. The fourth-order valence-electron chi connectivity index (χ4n) is 0.246. The zero-order valence-corrected chi connectivity index (χ0v) is 5.46. The van der Waals surface area contributed by atoms with Gasteiger partial charge in [-0.2, -0.15) is 5.10 Å². The van der Waals surface area contributed by atoms with E-state index in [1.165, 1.54) is 0 Å². The smallest absolute Gasteiger partial charge is 0.0897 e. The molecule has 0 saturated heterocycles. The quantitative estimate of drug-likeness (QED) is 0.242. The molecule has 0 aliphatic heterocycles. The standard InChI is InChI=1S/C4H10N2S/c1-3-7-4(2)6-5/h3,5H2,1-2H3/b6-4-. The Morgan fingerprint density at radius 3 is 2.57 bits per heavy atom. The lowest BCUT2D eigenvalue weighted by molar-refractivity contribution is 1.25. The Morgan fingerprint density at radius 1 is 1.86 bits per heavy atom. The largest absolute Gasteiger partial charge is 0.323 e. The van der Waals surface area contributed by atoms with E-state index in [4.69, 9.17) is 5.84 Å². The van der Waals surface area contributed by atoms with Crippen LogP contribution in [-0.2, 0) is 0 Å². The molecule has 0 rings (SSSR count). The second-order valence-electron chi connectivity index (χ2n) is 1.08. The molecule has 0 fully saturated rings. The van der Waals surface area contributed by atoms with Gasteiger partial charge in [-0.25, -0.2) is 0 Å². The van der Waals surface area contributed by atoms with Crippen molar-refractivity contribution in [3.63, 3.8) is 0 Å². The minimum Gasteiger partial charge on any atom is -0.323 e. The Bertz CT molecular complexity index is 70.1. The van der Waals surface area contributed by atoms with Crippen LogP contribution in [0.3, 0.4) is 0 Å². The topological polar surface area (TPSA) is 38.4 Å². The monoisotopic (exact) mass is 118 g/mol. The molecule has 0 saturated carbocycles. The summed E-state index contributed by atoms with van der Waals surface area (Å²) < 4.78 is 0. The second-order valence-corrected chi connectivity index (χ2v) is 2.54. The van der Waals surface area contributed by atoms with Crippen LogP contribution in [0.1, 0.15) is 13.8 Å². The minimum absolute atomic E-state index is 0.947. The van der Waals surface area contributed by atoms with Crippen molar-refractivity contribution < 1.29 is 0 Å². The lowest BCUT2D eigenvalue weighted by atomic mass is 10.9. The lowest BCUT2D eigenvalue weighted by Gasteiger charge is -1.89. The predicted molar refractivity (Wildman–Crippen MR) is 35.4 cm³/mol. The van der Waals surface area contributed by atoms with Crippen LogP contribution in [0.5, 0.6) is 0 Å². The molecule has 0 aromatic heterocycles. The summed E-state index contributed by atoms with van der Waals surface area (Å²) in [6, 6.07) is 0. The molecule has 2 nitrogen and oxygen atoms in total. The highest BCUT2D eigenvalue weighted by Crippen LogP contribution is 1.99. The summed E-state index contributed by atoms with van der Waals surface area (Å²) in [5.41, 5.74) is 0. The van der Waals surface area contributed by atoms with E-state index in [2.05, 4.69) is 12.0 Å². The summed E-state index contributed by atoms with van der Waals surface area (Å²) in [7, 11) is 0. The van der Waals surface area contributed by atoms with Crippen LogP contribution >= 0.6 is 11.8 Å². The van der Waals surface area contributed by atoms with E-state index < -0.39 is 0 Å². The molecule has 0 spiro atoms. The fraction of sp³-hybridized carbons (Fsp3) is 0.750. The van der Waals surface area contributed by atoms with Crippen molar-refractivity contribution in [2.75, 3.05) is 5.75 Å². The normalized spacial score (nSPS) is 12.0. The number of thioether (sulfide) groups is 1. The first-order chi connectivity index (χ1) is 3.31. The van der Waals surface area contributed by atoms with E-state index in [-0.39, 0.29) is 0 Å². The molecule has 2 N–H and O–H groups in total. The van der Waals surface area contributed by atoms with Gasteiger partial charge in [0.2, 0.25) is 0 Å². The zero-order valence-electron chi connectivity index (χ0n) is 4.64. The van der Waals surface area contributed by atoms with Crippen LogP contribution in [0, 0.1) is 0 Å². The molecular weight excluding hydrogens is 108 g/mol. The van der Waals surface area contributed by atoms with Crippen LogP contribution in [0.2, 0.25) is 0 Å². The molecule has 0 aromatic rings. The third-order valence-electron chi connectivity index (χ3n) is 0.535. The molecule has 0 heterocycles. The number of nitrogens with two attached hydrogens (primary N) is 1. The highest BCUT2D eigenvalue weighted by Gasteiger charge is 1.83. The van der Waals surface area contributed by atoms with E-state index in [1.54, 1.807) is 11.8 Å². The Kier molecular flexibility index (Phi) is 3.89. The molecule has 0 aliphatic rings. The Hall–Kier alpha value is -0.180. The molecule has 0 radical (unpaired) electrons. The molecule has 0 amide bonds. The predicted octanol–water partition coefficient (Wildman–Crippen LogP) is 1.03. The van der Waals surface area contributed by atoms with Gasteiger partial charge in [-0.15, -0.1) is 11.8 Å². The first kappa shape index (κ1) is 6.82. The van der Waals surface area contributed by atoms with Gasteiger partial charge in [-0.3, -0.25) is 0 Å². The van der Waals surface area contributed by atoms with Crippen molar-refractivity contribution in [1.29, 1.82) is 0 Å². The van der Waals surface area contributed by atoms with Crippen LogP contribution in [-0.4, -0.2) is 10.8 Å². The number of hydrazone groups is 1. The van der Waals surface area contributed by atoms with Crippen molar-refractivity contribution >= 4 is 16.8 Å². The van der Waals surface area contributed by atoms with Crippen LogP contribution in [0.25, 0.3) is 0 Å². The summed E-state index contributed by atoms with van der Waals surface area (Å²) in [6.45, 7) is 3.97.